The Bertz CT molecular complexity index is 189. The highest BCUT2D eigenvalue weighted by Crippen LogP contribution is 2.02. The third-order valence-electron chi connectivity index (χ3n) is 1.83. The molecular weight excluding hydrogens is 186 g/mol. The number of rotatable bonds is 7. The second-order valence-electron chi connectivity index (χ2n) is 5.01. The van der Waals surface area contributed by atoms with Crippen LogP contribution in [0.4, 0.5) is 0 Å². The van der Waals surface area contributed by atoms with Gasteiger partial charge < -0.3 is 5.32 Å². The van der Waals surface area contributed by atoms with Crippen molar-refractivity contribution in [3.05, 3.63) is 23.9 Å². The number of hydrogen-bond acceptors (Lipinski definition) is 1. The zero-order valence-corrected chi connectivity index (χ0v) is 11.2. The third-order valence-corrected chi connectivity index (χ3v) is 3.07. The van der Waals surface area contributed by atoms with Crippen molar-refractivity contribution in [3.8, 4) is 0 Å². The van der Waals surface area contributed by atoms with Gasteiger partial charge in [-0.2, -0.15) is 0 Å². The zero-order chi connectivity index (χ0) is 11.0. The van der Waals surface area contributed by atoms with Crippen LogP contribution in [0.2, 0.25) is 19.6 Å². The maximum absolute atomic E-state index is 3.87. The lowest BCUT2D eigenvalue weighted by atomic mass is 10.2. The fourth-order valence-electron chi connectivity index (χ4n) is 1.05. The van der Waals surface area contributed by atoms with E-state index in [0.29, 0.717) is 0 Å². The molecule has 82 valence electrons. The van der Waals surface area contributed by atoms with Gasteiger partial charge in [-0.05, 0) is 32.9 Å². The fourth-order valence-corrected chi connectivity index (χ4v) is 1.92. The minimum Gasteiger partial charge on any atom is -0.316 e. The first-order valence-corrected chi connectivity index (χ1v) is 9.02. The number of hydrogen-bond donors (Lipinski definition) is 1. The lowest BCUT2D eigenvalue weighted by molar-refractivity contribution is 0.687. The van der Waals surface area contributed by atoms with Gasteiger partial charge in [0.15, 0.2) is 0 Å². The van der Waals surface area contributed by atoms with Crippen molar-refractivity contribution in [2.24, 2.45) is 0 Å². The Morgan fingerprint density at radius 2 is 1.93 bits per heavy atom. The van der Waals surface area contributed by atoms with Crippen molar-refractivity contribution < 1.29 is 0 Å². The minimum atomic E-state index is -0.966. The van der Waals surface area contributed by atoms with E-state index in [1.807, 2.05) is 0 Å². The normalized spacial score (nSPS) is 12.3. The summed E-state index contributed by atoms with van der Waals surface area (Å²) in [7, 11) is -0.966. The van der Waals surface area contributed by atoms with Crippen LogP contribution in [0, 0.1) is 0 Å². The van der Waals surface area contributed by atoms with Gasteiger partial charge in [-0.1, -0.05) is 37.0 Å². The second-order valence-corrected chi connectivity index (χ2v) is 10.1. The van der Waals surface area contributed by atoms with Crippen molar-refractivity contribution >= 4 is 8.07 Å². The Hall–Kier alpha value is -0.343. The summed E-state index contributed by atoms with van der Waals surface area (Å²) in [4.78, 5) is 0. The molecule has 0 bridgehead atoms. The van der Waals surface area contributed by atoms with Gasteiger partial charge in [0, 0.05) is 0 Å². The first kappa shape index (κ1) is 13.7. The average Bonchev–Trinajstić information content (AvgIpc) is 2.00. The fraction of sp³-hybridized carbons (Fsp3) is 0.667. The van der Waals surface area contributed by atoms with Gasteiger partial charge >= 0.3 is 0 Å². The molecule has 0 aliphatic carbocycles. The van der Waals surface area contributed by atoms with Crippen LogP contribution < -0.4 is 5.32 Å². The molecule has 0 aliphatic rings. The van der Waals surface area contributed by atoms with Gasteiger partial charge in [-0.15, -0.1) is 6.58 Å². The largest absolute Gasteiger partial charge is 0.316 e. The minimum absolute atomic E-state index is 0.966. The Morgan fingerprint density at radius 1 is 1.29 bits per heavy atom. The van der Waals surface area contributed by atoms with Crippen LogP contribution in [0.3, 0.4) is 0 Å². The molecule has 0 radical (unpaired) electrons. The maximum atomic E-state index is 3.87. The summed E-state index contributed by atoms with van der Waals surface area (Å²) in [6.07, 6.45) is 4.57. The highest BCUT2D eigenvalue weighted by molar-refractivity contribution is 6.80. The summed E-state index contributed by atoms with van der Waals surface area (Å²) >= 11 is 0. The summed E-state index contributed by atoms with van der Waals surface area (Å²) in [6.45, 7) is 15.2. The molecule has 1 N–H and O–H groups in total. The quantitative estimate of drug-likeness (QED) is 0.387. The Balaban J connectivity index is 3.30. The topological polar surface area (TPSA) is 12.0 Å². The van der Waals surface area contributed by atoms with E-state index < -0.39 is 8.07 Å². The summed E-state index contributed by atoms with van der Waals surface area (Å²) in [5.41, 5.74) is 3.67. The van der Waals surface area contributed by atoms with E-state index in [4.69, 9.17) is 0 Å². The SMILES string of the molecule is C=C(C)CCNCC/C=C/[Si](C)(C)C. The molecule has 0 saturated carbocycles. The van der Waals surface area contributed by atoms with Crippen molar-refractivity contribution in [1.29, 1.82) is 0 Å². The first-order chi connectivity index (χ1) is 6.42. The molecule has 0 aromatic carbocycles. The molecule has 0 spiro atoms. The molecule has 0 saturated heterocycles. The first-order valence-electron chi connectivity index (χ1n) is 5.44. The maximum Gasteiger partial charge on any atom is 0.0682 e. The van der Waals surface area contributed by atoms with E-state index in [-0.39, 0.29) is 0 Å². The molecule has 2 heteroatoms. The van der Waals surface area contributed by atoms with Crippen LogP contribution in [0.15, 0.2) is 23.9 Å². The van der Waals surface area contributed by atoms with Crippen LogP contribution in [0.25, 0.3) is 0 Å². The van der Waals surface area contributed by atoms with Crippen LogP contribution in [0.5, 0.6) is 0 Å². The van der Waals surface area contributed by atoms with E-state index in [0.717, 1.165) is 25.9 Å². The summed E-state index contributed by atoms with van der Waals surface area (Å²) in [6, 6.07) is 0. The van der Waals surface area contributed by atoms with Gasteiger partial charge in [-0.25, -0.2) is 0 Å². The summed E-state index contributed by atoms with van der Waals surface area (Å²) in [5, 5.41) is 3.41. The molecule has 1 nitrogen and oxygen atoms in total. The van der Waals surface area contributed by atoms with E-state index in [1.165, 1.54) is 5.57 Å². The molecule has 0 amide bonds. The lowest BCUT2D eigenvalue weighted by Gasteiger charge is -2.08. The van der Waals surface area contributed by atoms with Gasteiger partial charge in [0.25, 0.3) is 0 Å². The van der Waals surface area contributed by atoms with Crippen LogP contribution in [-0.2, 0) is 0 Å². The predicted molar refractivity (Wildman–Crippen MR) is 69.4 cm³/mol. The van der Waals surface area contributed by atoms with Gasteiger partial charge in [-0.3, -0.25) is 0 Å². The standard InChI is InChI=1S/C12H25NSi/c1-12(2)8-10-13-9-6-7-11-14(3,4)5/h7,11,13H,1,6,8-10H2,2-5H3/b11-7+. The molecule has 0 aromatic heterocycles. The summed E-state index contributed by atoms with van der Waals surface area (Å²) in [5.74, 6) is 0. The van der Waals surface area contributed by atoms with Gasteiger partial charge in [0.05, 0.1) is 8.07 Å². The zero-order valence-electron chi connectivity index (χ0n) is 10.2. The molecular formula is C12H25NSi. The molecule has 14 heavy (non-hydrogen) atoms. The Kier molecular flexibility index (Phi) is 6.84. The van der Waals surface area contributed by atoms with Crippen LogP contribution in [-0.4, -0.2) is 21.2 Å². The summed E-state index contributed by atoms with van der Waals surface area (Å²) < 4.78 is 0. The molecule has 0 aliphatic heterocycles. The van der Waals surface area contributed by atoms with E-state index in [9.17, 15) is 0 Å². The van der Waals surface area contributed by atoms with Crippen molar-refractivity contribution in [2.75, 3.05) is 13.1 Å². The van der Waals surface area contributed by atoms with E-state index in [1.54, 1.807) is 0 Å². The monoisotopic (exact) mass is 211 g/mol. The number of nitrogens with one attached hydrogen (secondary N) is 1. The van der Waals surface area contributed by atoms with Crippen molar-refractivity contribution in [2.45, 2.75) is 39.4 Å². The Labute approximate surface area is 90.3 Å². The molecule has 0 fully saturated rings. The van der Waals surface area contributed by atoms with Crippen LogP contribution in [0.1, 0.15) is 19.8 Å². The molecule has 0 heterocycles. The third kappa shape index (κ3) is 11.7. The molecule has 0 aromatic rings. The van der Waals surface area contributed by atoms with Gasteiger partial charge in [0.2, 0.25) is 0 Å². The molecule has 0 atom stereocenters. The van der Waals surface area contributed by atoms with Crippen LogP contribution >= 0.6 is 0 Å². The van der Waals surface area contributed by atoms with Crippen molar-refractivity contribution in [1.82, 2.24) is 5.32 Å². The molecule has 0 unspecified atom stereocenters. The van der Waals surface area contributed by atoms with Gasteiger partial charge in [0.1, 0.15) is 0 Å². The van der Waals surface area contributed by atoms with E-state index >= 15 is 0 Å². The highest BCUT2D eigenvalue weighted by Gasteiger charge is 2.05. The smallest absolute Gasteiger partial charge is 0.0682 e. The lowest BCUT2D eigenvalue weighted by Crippen LogP contribution is -2.18. The highest BCUT2D eigenvalue weighted by atomic mass is 28.3. The molecule has 0 rings (SSSR count). The average molecular weight is 211 g/mol. The Morgan fingerprint density at radius 3 is 2.43 bits per heavy atom. The van der Waals surface area contributed by atoms with Crippen molar-refractivity contribution in [3.63, 3.8) is 0 Å². The second kappa shape index (κ2) is 7.02. The predicted octanol–water partition coefficient (Wildman–Crippen LogP) is 3.37. The van der Waals surface area contributed by atoms with E-state index in [2.05, 4.69) is 50.2 Å².